The zero-order valence-electron chi connectivity index (χ0n) is 14.7. The molecule has 0 unspecified atom stereocenters. The Morgan fingerprint density at radius 2 is 2.00 bits per heavy atom. The lowest BCUT2D eigenvalue weighted by Crippen LogP contribution is -2.17. The van der Waals surface area contributed by atoms with Crippen molar-refractivity contribution in [2.45, 2.75) is 18.3 Å². The standard InChI is InChI=1S/C18H19Cl2N5OS/c1-25-18(22-23-24-25)27-9-8-21-11-14-4-2-3-5-17(14)26-12-13-6-7-15(19)16(20)10-13/h2-7,10,21H,8-9,11-12H2,1H3. The summed E-state index contributed by atoms with van der Waals surface area (Å²) in [6.07, 6.45) is 0. The fraction of sp³-hybridized carbons (Fsp3) is 0.278. The van der Waals surface area contributed by atoms with Crippen molar-refractivity contribution < 1.29 is 4.74 Å². The highest BCUT2D eigenvalue weighted by Crippen LogP contribution is 2.24. The molecule has 0 aliphatic carbocycles. The first-order valence-electron chi connectivity index (χ1n) is 8.34. The third-order valence-corrected chi connectivity index (χ3v) is 5.51. The Morgan fingerprint density at radius 3 is 2.78 bits per heavy atom. The van der Waals surface area contributed by atoms with Crippen LogP contribution in [0.25, 0.3) is 0 Å². The van der Waals surface area contributed by atoms with Gasteiger partial charge in [-0.1, -0.05) is 59.2 Å². The molecule has 0 aliphatic heterocycles. The monoisotopic (exact) mass is 423 g/mol. The minimum absolute atomic E-state index is 0.433. The molecule has 0 spiro atoms. The number of aryl methyl sites for hydroxylation is 1. The van der Waals surface area contributed by atoms with Gasteiger partial charge in [-0.05, 0) is 34.2 Å². The number of nitrogens with zero attached hydrogens (tertiary/aromatic N) is 4. The van der Waals surface area contributed by atoms with Crippen LogP contribution in [0.1, 0.15) is 11.1 Å². The second-order valence-electron chi connectivity index (χ2n) is 5.76. The molecular weight excluding hydrogens is 405 g/mol. The normalized spacial score (nSPS) is 10.9. The minimum atomic E-state index is 0.433. The maximum atomic E-state index is 6.06. The first-order chi connectivity index (χ1) is 13.1. The summed E-state index contributed by atoms with van der Waals surface area (Å²) >= 11 is 13.6. The third-order valence-electron chi connectivity index (χ3n) is 3.76. The molecule has 0 saturated heterocycles. The van der Waals surface area contributed by atoms with Crippen LogP contribution in [0, 0.1) is 0 Å². The van der Waals surface area contributed by atoms with E-state index in [0.717, 1.165) is 40.9 Å². The molecule has 0 bridgehead atoms. The van der Waals surface area contributed by atoms with Gasteiger partial charge in [-0.25, -0.2) is 4.68 Å². The SMILES string of the molecule is Cn1nnnc1SCCNCc1ccccc1OCc1ccc(Cl)c(Cl)c1. The Bertz CT molecular complexity index is 890. The summed E-state index contributed by atoms with van der Waals surface area (Å²) in [5.41, 5.74) is 2.07. The van der Waals surface area contributed by atoms with Gasteiger partial charge in [0.25, 0.3) is 0 Å². The van der Waals surface area contributed by atoms with Crippen molar-refractivity contribution in [1.82, 2.24) is 25.5 Å². The number of hydrogen-bond acceptors (Lipinski definition) is 6. The molecule has 142 valence electrons. The van der Waals surface area contributed by atoms with E-state index in [4.69, 9.17) is 27.9 Å². The first kappa shape index (κ1) is 19.9. The largest absolute Gasteiger partial charge is 0.489 e. The van der Waals surface area contributed by atoms with Crippen LogP contribution in [0.15, 0.2) is 47.6 Å². The number of rotatable bonds is 9. The number of nitrogens with one attached hydrogen (secondary N) is 1. The van der Waals surface area contributed by atoms with Gasteiger partial charge in [0.1, 0.15) is 12.4 Å². The van der Waals surface area contributed by atoms with Crippen LogP contribution >= 0.6 is 35.0 Å². The summed E-state index contributed by atoms with van der Waals surface area (Å²) in [5.74, 6) is 1.72. The summed E-state index contributed by atoms with van der Waals surface area (Å²) in [4.78, 5) is 0. The number of benzene rings is 2. The molecule has 1 N–H and O–H groups in total. The van der Waals surface area contributed by atoms with Gasteiger partial charge in [-0.2, -0.15) is 0 Å². The number of halogens is 2. The van der Waals surface area contributed by atoms with Crippen LogP contribution in [0.5, 0.6) is 5.75 Å². The van der Waals surface area contributed by atoms with Gasteiger partial charge >= 0.3 is 0 Å². The molecule has 0 saturated carbocycles. The molecule has 0 radical (unpaired) electrons. The fourth-order valence-electron chi connectivity index (χ4n) is 2.36. The lowest BCUT2D eigenvalue weighted by molar-refractivity contribution is 0.302. The summed E-state index contributed by atoms with van der Waals surface area (Å²) in [6.45, 7) is 1.98. The Morgan fingerprint density at radius 1 is 1.15 bits per heavy atom. The highest BCUT2D eigenvalue weighted by atomic mass is 35.5. The van der Waals surface area contributed by atoms with E-state index in [1.54, 1.807) is 22.5 Å². The second-order valence-corrected chi connectivity index (χ2v) is 7.63. The van der Waals surface area contributed by atoms with Gasteiger partial charge in [-0.15, -0.1) is 5.10 Å². The summed E-state index contributed by atoms with van der Waals surface area (Å²) in [7, 11) is 1.83. The lowest BCUT2D eigenvalue weighted by Gasteiger charge is -2.12. The van der Waals surface area contributed by atoms with Crippen LogP contribution < -0.4 is 10.1 Å². The van der Waals surface area contributed by atoms with Gasteiger partial charge < -0.3 is 10.1 Å². The van der Waals surface area contributed by atoms with E-state index < -0.39 is 0 Å². The number of para-hydroxylation sites is 1. The Hall–Kier alpha value is -1.80. The smallest absolute Gasteiger partial charge is 0.209 e. The van der Waals surface area contributed by atoms with Crippen molar-refractivity contribution in [2.24, 2.45) is 7.05 Å². The minimum Gasteiger partial charge on any atom is -0.489 e. The molecule has 1 aromatic heterocycles. The van der Waals surface area contributed by atoms with Crippen molar-refractivity contribution in [3.63, 3.8) is 0 Å². The molecule has 3 aromatic rings. The highest BCUT2D eigenvalue weighted by Gasteiger charge is 2.06. The molecule has 0 fully saturated rings. The van der Waals surface area contributed by atoms with Crippen LogP contribution in [0.4, 0.5) is 0 Å². The van der Waals surface area contributed by atoms with E-state index in [2.05, 4.69) is 26.9 Å². The number of tetrazole rings is 1. The average Bonchev–Trinajstić information content (AvgIpc) is 3.08. The highest BCUT2D eigenvalue weighted by molar-refractivity contribution is 7.99. The first-order valence-corrected chi connectivity index (χ1v) is 10.1. The lowest BCUT2D eigenvalue weighted by atomic mass is 10.2. The third kappa shape index (κ3) is 5.84. The maximum absolute atomic E-state index is 6.06. The molecular formula is C18H19Cl2N5OS. The predicted molar refractivity (Wildman–Crippen MR) is 108 cm³/mol. The van der Waals surface area contributed by atoms with Crippen LogP contribution in [0.3, 0.4) is 0 Å². The molecule has 0 atom stereocenters. The van der Waals surface area contributed by atoms with Crippen molar-refractivity contribution in [3.05, 3.63) is 63.6 Å². The maximum Gasteiger partial charge on any atom is 0.209 e. The Balaban J connectivity index is 1.48. The van der Waals surface area contributed by atoms with Crippen molar-refractivity contribution in [3.8, 4) is 5.75 Å². The summed E-state index contributed by atoms with van der Waals surface area (Å²) < 4.78 is 7.64. The van der Waals surface area contributed by atoms with Gasteiger partial charge in [0, 0.05) is 31.5 Å². The molecule has 3 rings (SSSR count). The van der Waals surface area contributed by atoms with Gasteiger partial charge in [0.15, 0.2) is 0 Å². The number of thioether (sulfide) groups is 1. The van der Waals surface area contributed by atoms with Crippen LogP contribution in [-0.4, -0.2) is 32.5 Å². The van der Waals surface area contributed by atoms with Crippen LogP contribution in [0.2, 0.25) is 10.0 Å². The Kier molecular flexibility index (Phi) is 7.34. The van der Waals surface area contributed by atoms with E-state index in [1.165, 1.54) is 0 Å². The molecule has 0 amide bonds. The quantitative estimate of drug-likeness (QED) is 0.414. The molecule has 27 heavy (non-hydrogen) atoms. The molecule has 1 heterocycles. The van der Waals surface area contributed by atoms with E-state index in [0.29, 0.717) is 16.7 Å². The molecule has 9 heteroatoms. The van der Waals surface area contributed by atoms with Crippen molar-refractivity contribution in [2.75, 3.05) is 12.3 Å². The number of ether oxygens (including phenoxy) is 1. The van der Waals surface area contributed by atoms with Crippen molar-refractivity contribution in [1.29, 1.82) is 0 Å². The van der Waals surface area contributed by atoms with Gasteiger partial charge in [0.2, 0.25) is 5.16 Å². The number of hydrogen-bond donors (Lipinski definition) is 1. The fourth-order valence-corrected chi connectivity index (χ4v) is 3.43. The van der Waals surface area contributed by atoms with Crippen LogP contribution in [-0.2, 0) is 20.2 Å². The zero-order chi connectivity index (χ0) is 19.1. The van der Waals surface area contributed by atoms with E-state index in [9.17, 15) is 0 Å². The predicted octanol–water partition coefficient (Wildman–Crippen LogP) is 3.98. The summed E-state index contributed by atoms with van der Waals surface area (Å²) in [5, 5.41) is 16.7. The van der Waals surface area contributed by atoms with Gasteiger partial charge in [0.05, 0.1) is 10.0 Å². The number of aromatic nitrogens is 4. The molecule has 2 aromatic carbocycles. The average molecular weight is 424 g/mol. The zero-order valence-corrected chi connectivity index (χ0v) is 17.1. The Labute approximate surface area is 172 Å². The van der Waals surface area contributed by atoms with E-state index in [-0.39, 0.29) is 0 Å². The second kappa shape index (κ2) is 9.94. The summed E-state index contributed by atoms with van der Waals surface area (Å²) in [6, 6.07) is 13.5. The van der Waals surface area contributed by atoms with E-state index >= 15 is 0 Å². The molecule has 6 nitrogen and oxygen atoms in total. The van der Waals surface area contributed by atoms with E-state index in [1.807, 2.05) is 37.4 Å². The van der Waals surface area contributed by atoms with Crippen molar-refractivity contribution >= 4 is 35.0 Å². The van der Waals surface area contributed by atoms with Gasteiger partial charge in [-0.3, -0.25) is 0 Å². The topological polar surface area (TPSA) is 64.9 Å². The molecule has 0 aliphatic rings.